The summed E-state index contributed by atoms with van der Waals surface area (Å²) >= 11 is 1.50. The Morgan fingerprint density at radius 3 is 2.71 bits per heavy atom. The normalized spacial score (nSPS) is 11.1. The Balaban J connectivity index is 0.00000272. The Hall–Kier alpha value is -2.68. The van der Waals surface area contributed by atoms with Crippen molar-refractivity contribution in [1.82, 2.24) is 19.3 Å². The summed E-state index contributed by atoms with van der Waals surface area (Å²) in [6, 6.07) is 11.6. The number of aromatic nitrogens is 3. The maximum absolute atomic E-state index is 13.7. The third-order valence-corrected chi connectivity index (χ3v) is 5.85. The van der Waals surface area contributed by atoms with E-state index in [1.807, 2.05) is 74.9 Å². The number of hydrogen-bond acceptors (Lipinski definition) is 6. The molecule has 0 bridgehead atoms. The van der Waals surface area contributed by atoms with Crippen molar-refractivity contribution in [2.24, 2.45) is 0 Å². The Labute approximate surface area is 191 Å². The standard InChI is InChI=1S/C22H25N5O2S.ClH/c1-5-29-16-9-10-17-18(14-16)30-22(24-17)27(13-12-25(3)4)21(28)20-15(2)23-19-8-6-7-11-26(19)20;/h6-11,14H,5,12-13H2,1-4H3;1H. The molecule has 4 rings (SSSR count). The summed E-state index contributed by atoms with van der Waals surface area (Å²) in [4.78, 5) is 26.8. The molecule has 1 aromatic carbocycles. The van der Waals surface area contributed by atoms with Crippen LogP contribution in [0.4, 0.5) is 5.13 Å². The maximum atomic E-state index is 13.7. The van der Waals surface area contributed by atoms with Gasteiger partial charge in [0.1, 0.15) is 17.1 Å². The van der Waals surface area contributed by atoms with Crippen LogP contribution in [0.1, 0.15) is 23.1 Å². The first-order valence-electron chi connectivity index (χ1n) is 9.91. The third-order valence-electron chi connectivity index (χ3n) is 4.81. The first kappa shape index (κ1) is 23.0. The summed E-state index contributed by atoms with van der Waals surface area (Å²) in [5.74, 6) is 0.709. The molecule has 7 nitrogen and oxygen atoms in total. The van der Waals surface area contributed by atoms with Crippen molar-refractivity contribution in [2.75, 3.05) is 38.7 Å². The van der Waals surface area contributed by atoms with Gasteiger partial charge in [-0.1, -0.05) is 17.4 Å². The van der Waals surface area contributed by atoms with Gasteiger partial charge in [-0.05, 0) is 58.3 Å². The van der Waals surface area contributed by atoms with Crippen LogP contribution < -0.4 is 9.64 Å². The molecule has 0 N–H and O–H groups in total. The summed E-state index contributed by atoms with van der Waals surface area (Å²) in [5, 5.41) is 0.677. The Kier molecular flexibility index (Phi) is 7.15. The van der Waals surface area contributed by atoms with E-state index in [4.69, 9.17) is 9.72 Å². The molecule has 0 fully saturated rings. The number of carbonyl (C=O) groups is 1. The van der Waals surface area contributed by atoms with E-state index >= 15 is 0 Å². The van der Waals surface area contributed by atoms with Gasteiger partial charge in [-0.3, -0.25) is 14.1 Å². The van der Waals surface area contributed by atoms with Crippen LogP contribution in [0.2, 0.25) is 0 Å². The molecule has 0 radical (unpaired) electrons. The van der Waals surface area contributed by atoms with Gasteiger partial charge in [-0.15, -0.1) is 12.4 Å². The van der Waals surface area contributed by atoms with Gasteiger partial charge in [-0.2, -0.15) is 0 Å². The smallest absolute Gasteiger partial charge is 0.279 e. The number of imidazole rings is 1. The number of likely N-dealkylation sites (N-methyl/N-ethyl adjacent to an activating group) is 1. The van der Waals surface area contributed by atoms with Gasteiger partial charge < -0.3 is 9.64 Å². The molecular formula is C22H26ClN5O2S. The molecule has 0 atom stereocenters. The van der Waals surface area contributed by atoms with Gasteiger partial charge in [-0.25, -0.2) is 9.97 Å². The fraction of sp³-hybridized carbons (Fsp3) is 0.318. The van der Waals surface area contributed by atoms with Gasteiger partial charge >= 0.3 is 0 Å². The number of anilines is 1. The number of carbonyl (C=O) groups excluding carboxylic acids is 1. The van der Waals surface area contributed by atoms with E-state index in [9.17, 15) is 4.79 Å². The summed E-state index contributed by atoms with van der Waals surface area (Å²) in [6.07, 6.45) is 1.87. The highest BCUT2D eigenvalue weighted by atomic mass is 35.5. The minimum Gasteiger partial charge on any atom is -0.494 e. The van der Waals surface area contributed by atoms with E-state index in [0.717, 1.165) is 28.2 Å². The molecule has 0 aliphatic carbocycles. The van der Waals surface area contributed by atoms with Crippen molar-refractivity contribution >= 4 is 50.6 Å². The molecule has 4 aromatic rings. The van der Waals surface area contributed by atoms with Crippen LogP contribution in [0.15, 0.2) is 42.6 Å². The minimum absolute atomic E-state index is 0. The van der Waals surface area contributed by atoms with Crippen LogP contribution in [0.25, 0.3) is 15.9 Å². The second kappa shape index (κ2) is 9.64. The Morgan fingerprint density at radius 1 is 1.16 bits per heavy atom. The fourth-order valence-corrected chi connectivity index (χ4v) is 4.37. The highest BCUT2D eigenvalue weighted by Gasteiger charge is 2.26. The van der Waals surface area contributed by atoms with E-state index in [-0.39, 0.29) is 18.3 Å². The zero-order valence-electron chi connectivity index (χ0n) is 18.0. The molecule has 0 aliphatic rings. The average Bonchev–Trinajstić information content (AvgIpc) is 3.27. The lowest BCUT2D eigenvalue weighted by Crippen LogP contribution is -2.37. The number of benzene rings is 1. The molecule has 3 heterocycles. The number of nitrogens with zero attached hydrogens (tertiary/aromatic N) is 5. The van der Waals surface area contributed by atoms with Crippen LogP contribution >= 0.6 is 23.7 Å². The number of halogens is 1. The number of rotatable bonds is 7. The summed E-state index contributed by atoms with van der Waals surface area (Å²) in [6.45, 7) is 5.70. The highest BCUT2D eigenvalue weighted by Crippen LogP contribution is 2.32. The van der Waals surface area contributed by atoms with Gasteiger partial charge in [0.15, 0.2) is 5.13 Å². The SMILES string of the molecule is CCOc1ccc2nc(N(CCN(C)C)C(=O)c3c(C)nc4ccccn34)sc2c1.Cl. The van der Waals surface area contributed by atoms with Crippen molar-refractivity contribution in [3.63, 3.8) is 0 Å². The van der Waals surface area contributed by atoms with Crippen LogP contribution in [-0.4, -0.2) is 59.0 Å². The quantitative estimate of drug-likeness (QED) is 0.412. The largest absolute Gasteiger partial charge is 0.494 e. The lowest BCUT2D eigenvalue weighted by atomic mass is 10.3. The van der Waals surface area contributed by atoms with Crippen LogP contribution in [0.3, 0.4) is 0 Å². The Bertz CT molecular complexity index is 1200. The van der Waals surface area contributed by atoms with Gasteiger partial charge in [0, 0.05) is 19.3 Å². The number of aryl methyl sites for hydroxylation is 1. The molecular weight excluding hydrogens is 434 g/mol. The number of hydrogen-bond donors (Lipinski definition) is 0. The van der Waals surface area contributed by atoms with E-state index in [2.05, 4.69) is 9.88 Å². The van der Waals surface area contributed by atoms with Crippen LogP contribution in [0.5, 0.6) is 5.75 Å². The van der Waals surface area contributed by atoms with E-state index in [0.29, 0.717) is 29.7 Å². The first-order chi connectivity index (χ1) is 14.5. The number of pyridine rings is 1. The van der Waals surface area contributed by atoms with Crippen molar-refractivity contribution in [2.45, 2.75) is 13.8 Å². The molecule has 0 saturated heterocycles. The molecule has 0 aliphatic heterocycles. The summed E-state index contributed by atoms with van der Waals surface area (Å²) in [7, 11) is 3.99. The van der Waals surface area contributed by atoms with Crippen molar-refractivity contribution in [3.05, 3.63) is 54.0 Å². The van der Waals surface area contributed by atoms with Gasteiger partial charge in [0.05, 0.1) is 22.5 Å². The van der Waals surface area contributed by atoms with E-state index in [1.54, 1.807) is 4.90 Å². The predicted octanol–water partition coefficient (Wildman–Crippen LogP) is 4.28. The monoisotopic (exact) mass is 459 g/mol. The minimum atomic E-state index is -0.0999. The molecule has 164 valence electrons. The Morgan fingerprint density at radius 2 is 1.97 bits per heavy atom. The molecule has 31 heavy (non-hydrogen) atoms. The second-order valence-electron chi connectivity index (χ2n) is 7.29. The summed E-state index contributed by atoms with van der Waals surface area (Å²) in [5.41, 5.74) is 2.90. The van der Waals surface area contributed by atoms with Crippen molar-refractivity contribution in [1.29, 1.82) is 0 Å². The van der Waals surface area contributed by atoms with E-state index in [1.165, 1.54) is 11.3 Å². The highest BCUT2D eigenvalue weighted by molar-refractivity contribution is 7.22. The fourth-order valence-electron chi connectivity index (χ4n) is 3.35. The average molecular weight is 460 g/mol. The summed E-state index contributed by atoms with van der Waals surface area (Å²) < 4.78 is 8.46. The number of fused-ring (bicyclic) bond motifs is 2. The maximum Gasteiger partial charge on any atom is 0.279 e. The lowest BCUT2D eigenvalue weighted by molar-refractivity contribution is 0.0979. The molecule has 9 heteroatoms. The molecule has 0 unspecified atom stereocenters. The van der Waals surface area contributed by atoms with Crippen molar-refractivity contribution < 1.29 is 9.53 Å². The molecule has 0 spiro atoms. The van der Waals surface area contributed by atoms with Gasteiger partial charge in [0.25, 0.3) is 5.91 Å². The van der Waals surface area contributed by atoms with Crippen LogP contribution in [0, 0.1) is 6.92 Å². The van der Waals surface area contributed by atoms with Gasteiger partial charge in [0.2, 0.25) is 0 Å². The second-order valence-corrected chi connectivity index (χ2v) is 8.30. The number of thiazole rings is 1. The zero-order valence-corrected chi connectivity index (χ0v) is 19.7. The zero-order chi connectivity index (χ0) is 21.3. The van der Waals surface area contributed by atoms with Crippen molar-refractivity contribution in [3.8, 4) is 5.75 Å². The topological polar surface area (TPSA) is 63.0 Å². The number of ether oxygens (including phenoxy) is 1. The molecule has 3 aromatic heterocycles. The molecule has 0 saturated carbocycles. The number of amides is 1. The molecule has 1 amide bonds. The van der Waals surface area contributed by atoms with Crippen LogP contribution in [-0.2, 0) is 0 Å². The first-order valence-corrected chi connectivity index (χ1v) is 10.7. The lowest BCUT2D eigenvalue weighted by Gasteiger charge is -2.22. The third kappa shape index (κ3) is 4.66. The predicted molar refractivity (Wildman–Crippen MR) is 128 cm³/mol. The van der Waals surface area contributed by atoms with E-state index < -0.39 is 0 Å².